The largest absolute Gasteiger partial charge is 0.472 e. The topological polar surface area (TPSA) is 237 Å². The third-order valence-electron chi connectivity index (χ3n) is 18.3. The summed E-state index contributed by atoms with van der Waals surface area (Å²) in [6.07, 6.45) is 50.0. The predicted octanol–water partition coefficient (Wildman–Crippen LogP) is 22.0. The first-order chi connectivity index (χ1) is 45.7. The van der Waals surface area contributed by atoms with E-state index in [1.807, 2.05) is 0 Å². The lowest BCUT2D eigenvalue weighted by atomic mass is 9.99. The van der Waals surface area contributed by atoms with E-state index >= 15 is 0 Å². The molecule has 0 aliphatic carbocycles. The van der Waals surface area contributed by atoms with Crippen LogP contribution >= 0.6 is 15.6 Å². The summed E-state index contributed by atoms with van der Waals surface area (Å²) in [5.74, 6) is 0.955. The van der Waals surface area contributed by atoms with Gasteiger partial charge in [0.15, 0.2) is 12.2 Å². The lowest BCUT2D eigenvalue weighted by molar-refractivity contribution is -0.161. The molecule has 17 nitrogen and oxygen atoms in total. The molecule has 0 saturated carbocycles. The second kappa shape index (κ2) is 65.4. The molecule has 0 bridgehead atoms. The van der Waals surface area contributed by atoms with Crippen LogP contribution in [0.25, 0.3) is 0 Å². The van der Waals surface area contributed by atoms with Gasteiger partial charge in [0.05, 0.1) is 26.4 Å². The molecule has 95 heavy (non-hydrogen) atoms. The van der Waals surface area contributed by atoms with Gasteiger partial charge in [0.1, 0.15) is 19.3 Å². The van der Waals surface area contributed by atoms with Gasteiger partial charge in [0.2, 0.25) is 0 Å². The normalized spacial score (nSPS) is 14.7. The Balaban J connectivity index is 5.22. The minimum absolute atomic E-state index is 0.105. The van der Waals surface area contributed by atoms with E-state index in [4.69, 9.17) is 37.0 Å². The summed E-state index contributed by atoms with van der Waals surface area (Å²) in [5.41, 5.74) is 0. The number of hydrogen-bond acceptors (Lipinski definition) is 15. The van der Waals surface area contributed by atoms with Gasteiger partial charge in [-0.15, -0.1) is 0 Å². The minimum Gasteiger partial charge on any atom is -0.462 e. The van der Waals surface area contributed by atoms with Crippen LogP contribution in [0.2, 0.25) is 0 Å². The molecule has 3 N–H and O–H groups in total. The van der Waals surface area contributed by atoms with Gasteiger partial charge in [-0.1, -0.05) is 331 Å². The Kier molecular flexibility index (Phi) is 64.0. The minimum atomic E-state index is -4.96. The molecule has 0 amide bonds. The van der Waals surface area contributed by atoms with Crippen molar-refractivity contribution >= 4 is 39.5 Å². The lowest BCUT2D eigenvalue weighted by Crippen LogP contribution is -2.30. The predicted molar refractivity (Wildman–Crippen MR) is 386 cm³/mol. The number of carbonyl (C=O) groups is 4. The molecule has 0 aromatic heterocycles. The Morgan fingerprint density at radius 1 is 0.295 bits per heavy atom. The fourth-order valence-corrected chi connectivity index (χ4v) is 13.1. The standard InChI is InChI=1S/C76H148O17P2/c1-9-68(7)54-46-38-30-26-27-33-43-51-59-76(81)93-71(62-86-73(78)56-48-40-31-24-20-16-14-12-11-13-15-18-22-28-36-44-52-66(3)4)64-90-94(82,83)88-60-70(77)61-89-95(84,85)91-65-72(63-87-74(79)57-49-41-35-34-39-47-55-69(8)10-2)92-75(80)58-50-42-32-25-21-17-19-23-29-37-45-53-67(5)6/h66-72,77H,9-65H2,1-8H3,(H,82,83)(H,84,85)/t68?,69?,70-,71-,72-/m1/s1. The monoisotopic (exact) mass is 1400 g/mol. The molecule has 4 unspecified atom stereocenters. The summed E-state index contributed by atoms with van der Waals surface area (Å²) in [6, 6.07) is 0. The van der Waals surface area contributed by atoms with Gasteiger partial charge in [-0.25, -0.2) is 9.13 Å². The maximum Gasteiger partial charge on any atom is 0.472 e. The number of aliphatic hydroxyl groups excluding tert-OH is 1. The number of phosphoric ester groups is 2. The van der Waals surface area contributed by atoms with Gasteiger partial charge < -0.3 is 33.8 Å². The van der Waals surface area contributed by atoms with Gasteiger partial charge in [-0.2, -0.15) is 0 Å². The van der Waals surface area contributed by atoms with Crippen molar-refractivity contribution in [2.75, 3.05) is 39.6 Å². The number of unbranched alkanes of at least 4 members (excludes halogenated alkanes) is 37. The molecule has 0 heterocycles. The van der Waals surface area contributed by atoms with Crippen LogP contribution in [0.5, 0.6) is 0 Å². The Hall–Kier alpha value is -1.94. The van der Waals surface area contributed by atoms with Crippen molar-refractivity contribution in [1.29, 1.82) is 0 Å². The van der Waals surface area contributed by atoms with Crippen LogP contribution in [0.3, 0.4) is 0 Å². The smallest absolute Gasteiger partial charge is 0.462 e. The van der Waals surface area contributed by atoms with Crippen molar-refractivity contribution < 1.29 is 80.2 Å². The molecule has 0 saturated heterocycles. The number of phosphoric acid groups is 2. The fraction of sp³-hybridized carbons (Fsp3) is 0.947. The summed E-state index contributed by atoms with van der Waals surface area (Å²) in [5, 5.41) is 10.6. The highest BCUT2D eigenvalue weighted by Gasteiger charge is 2.30. The van der Waals surface area contributed by atoms with E-state index < -0.39 is 97.5 Å². The van der Waals surface area contributed by atoms with Crippen molar-refractivity contribution in [1.82, 2.24) is 0 Å². The van der Waals surface area contributed by atoms with Crippen molar-refractivity contribution in [3.8, 4) is 0 Å². The van der Waals surface area contributed by atoms with E-state index in [0.717, 1.165) is 120 Å². The Labute approximate surface area is 581 Å². The molecule has 0 aromatic carbocycles. The maximum absolute atomic E-state index is 13.1. The molecule has 0 aromatic rings. The van der Waals surface area contributed by atoms with Crippen LogP contribution < -0.4 is 0 Å². The van der Waals surface area contributed by atoms with Gasteiger partial charge in [-0.05, 0) is 49.4 Å². The van der Waals surface area contributed by atoms with E-state index in [-0.39, 0.29) is 25.7 Å². The summed E-state index contributed by atoms with van der Waals surface area (Å²) in [6.45, 7) is 14.2. The summed E-state index contributed by atoms with van der Waals surface area (Å²) >= 11 is 0. The van der Waals surface area contributed by atoms with Crippen LogP contribution in [0.1, 0.15) is 383 Å². The van der Waals surface area contributed by atoms with Gasteiger partial charge in [0.25, 0.3) is 0 Å². The highest BCUT2D eigenvalue weighted by Crippen LogP contribution is 2.45. The first-order valence-corrected chi connectivity index (χ1v) is 42.3. The molecular weight excluding hydrogens is 1250 g/mol. The number of ether oxygens (including phenoxy) is 4. The molecule has 0 radical (unpaired) electrons. The van der Waals surface area contributed by atoms with Crippen LogP contribution in [-0.4, -0.2) is 96.7 Å². The second-order valence-corrected chi connectivity index (χ2v) is 31.7. The number of aliphatic hydroxyl groups is 1. The zero-order chi connectivity index (χ0) is 70.3. The van der Waals surface area contributed by atoms with E-state index in [9.17, 15) is 43.2 Å². The molecule has 0 spiro atoms. The van der Waals surface area contributed by atoms with E-state index in [0.29, 0.717) is 25.7 Å². The Morgan fingerprint density at radius 2 is 0.505 bits per heavy atom. The summed E-state index contributed by atoms with van der Waals surface area (Å²) in [4.78, 5) is 72.8. The first kappa shape index (κ1) is 93.1. The van der Waals surface area contributed by atoms with Gasteiger partial charge in [-0.3, -0.25) is 37.3 Å². The number of carbonyl (C=O) groups excluding carboxylic acids is 4. The van der Waals surface area contributed by atoms with E-state index in [1.165, 1.54) is 180 Å². The van der Waals surface area contributed by atoms with Crippen LogP contribution in [0.4, 0.5) is 0 Å². The third-order valence-corrected chi connectivity index (χ3v) is 20.2. The van der Waals surface area contributed by atoms with E-state index in [2.05, 4.69) is 55.4 Å². The van der Waals surface area contributed by atoms with Crippen LogP contribution in [0.15, 0.2) is 0 Å². The second-order valence-electron chi connectivity index (χ2n) is 28.8. The number of esters is 4. The zero-order valence-electron chi connectivity index (χ0n) is 62.3. The van der Waals surface area contributed by atoms with Crippen molar-refractivity contribution in [2.24, 2.45) is 23.7 Å². The highest BCUT2D eigenvalue weighted by atomic mass is 31.2. The molecule has 564 valence electrons. The van der Waals surface area contributed by atoms with Gasteiger partial charge >= 0.3 is 39.5 Å². The average Bonchev–Trinajstić information content (AvgIpc) is 1.58. The van der Waals surface area contributed by atoms with Crippen molar-refractivity contribution in [3.63, 3.8) is 0 Å². The average molecular weight is 1400 g/mol. The highest BCUT2D eigenvalue weighted by molar-refractivity contribution is 7.47. The lowest BCUT2D eigenvalue weighted by Gasteiger charge is -2.21. The summed E-state index contributed by atoms with van der Waals surface area (Å²) in [7, 11) is -9.91. The SMILES string of the molecule is CCC(C)CCCCCCCCCCC(=O)O[C@H](COC(=O)CCCCCCCCCCCCCCCCCCC(C)C)COP(=O)(O)OC[C@@H](O)COP(=O)(O)OC[C@@H](COC(=O)CCCCCCCCC(C)CC)OC(=O)CCCCCCCCCCCCCC(C)C. The quantitative estimate of drug-likeness (QED) is 0.0222. The van der Waals surface area contributed by atoms with E-state index in [1.54, 1.807) is 0 Å². The maximum atomic E-state index is 13.1. The van der Waals surface area contributed by atoms with Crippen LogP contribution in [-0.2, 0) is 65.4 Å². The van der Waals surface area contributed by atoms with Crippen molar-refractivity contribution in [2.45, 2.75) is 401 Å². The fourth-order valence-electron chi connectivity index (χ4n) is 11.5. The third kappa shape index (κ3) is 67.6. The molecule has 0 aliphatic heterocycles. The van der Waals surface area contributed by atoms with Crippen LogP contribution in [0, 0.1) is 23.7 Å². The first-order valence-electron chi connectivity index (χ1n) is 39.3. The molecule has 0 rings (SSSR count). The Morgan fingerprint density at radius 3 is 0.747 bits per heavy atom. The van der Waals surface area contributed by atoms with Gasteiger partial charge in [0, 0.05) is 25.7 Å². The molecule has 0 aliphatic rings. The van der Waals surface area contributed by atoms with Crippen molar-refractivity contribution in [3.05, 3.63) is 0 Å². The zero-order valence-corrected chi connectivity index (χ0v) is 64.1. The Bertz CT molecular complexity index is 1870. The molecule has 19 heteroatoms. The molecule has 0 fully saturated rings. The number of hydrogen-bond donors (Lipinski definition) is 3. The molecule has 7 atom stereocenters. The number of rotatable bonds is 73. The molecular formula is C76H148O17P2. The summed E-state index contributed by atoms with van der Waals surface area (Å²) < 4.78 is 68.5.